The molecular weight excluding hydrogens is 275 g/mol. The lowest BCUT2D eigenvalue weighted by molar-refractivity contribution is 0.576. The van der Waals surface area contributed by atoms with Crippen molar-refractivity contribution >= 4 is 0 Å². The Morgan fingerprint density at radius 1 is 1.09 bits per heavy atom. The van der Waals surface area contributed by atoms with Crippen LogP contribution in [0.25, 0.3) is 11.1 Å². The van der Waals surface area contributed by atoms with Crippen molar-refractivity contribution in [3.63, 3.8) is 0 Å². The van der Waals surface area contributed by atoms with Gasteiger partial charge in [-0.3, -0.25) is 0 Å². The molecule has 3 rings (SSSR count). The maximum Gasteiger partial charge on any atom is 0.131 e. The summed E-state index contributed by atoms with van der Waals surface area (Å²) in [6.45, 7) is 3.17. The summed E-state index contributed by atoms with van der Waals surface area (Å²) in [5.74, 6) is 0.278. The zero-order valence-electron chi connectivity index (χ0n) is 12.6. The van der Waals surface area contributed by atoms with Gasteiger partial charge in [0.2, 0.25) is 0 Å². The van der Waals surface area contributed by atoms with E-state index in [-0.39, 0.29) is 5.82 Å². The highest BCUT2D eigenvalue weighted by atomic mass is 19.1. The van der Waals surface area contributed by atoms with Gasteiger partial charge in [-0.2, -0.15) is 0 Å². The van der Waals surface area contributed by atoms with Crippen molar-refractivity contribution in [2.24, 2.45) is 0 Å². The molecule has 0 spiro atoms. The fraction of sp³-hybridized carbons (Fsp3) is 0.211. The van der Waals surface area contributed by atoms with Gasteiger partial charge in [-0.05, 0) is 29.5 Å². The molecule has 0 bridgehead atoms. The summed E-state index contributed by atoms with van der Waals surface area (Å²) in [4.78, 5) is 4.05. The van der Waals surface area contributed by atoms with Crippen LogP contribution in [0.2, 0.25) is 0 Å². The number of hydrogen-bond acceptors (Lipinski definition) is 1. The highest BCUT2D eigenvalue weighted by molar-refractivity contribution is 5.64. The van der Waals surface area contributed by atoms with E-state index < -0.39 is 0 Å². The lowest BCUT2D eigenvalue weighted by Crippen LogP contribution is -2.01. The Morgan fingerprint density at radius 3 is 2.55 bits per heavy atom. The minimum atomic E-state index is -0.177. The fourth-order valence-electron chi connectivity index (χ4n) is 2.61. The molecular formula is C19H19FN2. The second kappa shape index (κ2) is 6.56. The Kier molecular flexibility index (Phi) is 4.33. The second-order valence-electron chi connectivity index (χ2n) is 5.59. The third-order valence-corrected chi connectivity index (χ3v) is 4.04. The molecule has 112 valence electrons. The number of aryl methyl sites for hydroxylation is 1. The molecule has 0 N–H and O–H groups in total. The van der Waals surface area contributed by atoms with Gasteiger partial charge in [0.25, 0.3) is 0 Å². The zero-order chi connectivity index (χ0) is 15.4. The first-order valence-corrected chi connectivity index (χ1v) is 7.54. The van der Waals surface area contributed by atoms with Gasteiger partial charge < -0.3 is 4.57 Å². The van der Waals surface area contributed by atoms with E-state index in [4.69, 9.17) is 0 Å². The van der Waals surface area contributed by atoms with Gasteiger partial charge in [-0.15, -0.1) is 0 Å². The smallest absolute Gasteiger partial charge is 0.131 e. The summed E-state index contributed by atoms with van der Waals surface area (Å²) in [6, 6.07) is 15.1. The van der Waals surface area contributed by atoms with E-state index in [1.807, 2.05) is 36.8 Å². The van der Waals surface area contributed by atoms with Crippen LogP contribution in [0.3, 0.4) is 0 Å². The molecule has 0 aliphatic carbocycles. The Labute approximate surface area is 130 Å². The van der Waals surface area contributed by atoms with Crippen LogP contribution in [0.5, 0.6) is 0 Å². The SMILES string of the molecule is CC(CCn1ccnc1)c1ccc(-c2ccccc2F)cc1. The molecule has 0 radical (unpaired) electrons. The molecule has 2 aromatic carbocycles. The van der Waals surface area contributed by atoms with Gasteiger partial charge >= 0.3 is 0 Å². The number of benzene rings is 2. The van der Waals surface area contributed by atoms with E-state index in [9.17, 15) is 4.39 Å². The second-order valence-corrected chi connectivity index (χ2v) is 5.59. The largest absolute Gasteiger partial charge is 0.337 e. The van der Waals surface area contributed by atoms with E-state index in [0.29, 0.717) is 11.5 Å². The third kappa shape index (κ3) is 3.25. The van der Waals surface area contributed by atoms with Crippen LogP contribution in [0.1, 0.15) is 24.8 Å². The van der Waals surface area contributed by atoms with Crippen LogP contribution < -0.4 is 0 Å². The normalized spacial score (nSPS) is 12.3. The van der Waals surface area contributed by atoms with E-state index in [1.165, 1.54) is 11.6 Å². The topological polar surface area (TPSA) is 17.8 Å². The Balaban J connectivity index is 1.70. The molecule has 0 fully saturated rings. The molecule has 0 aliphatic rings. The van der Waals surface area contributed by atoms with Crippen LogP contribution in [0.15, 0.2) is 67.3 Å². The van der Waals surface area contributed by atoms with Crippen molar-refractivity contribution < 1.29 is 4.39 Å². The van der Waals surface area contributed by atoms with E-state index in [0.717, 1.165) is 18.5 Å². The first-order valence-electron chi connectivity index (χ1n) is 7.54. The zero-order valence-corrected chi connectivity index (χ0v) is 12.6. The van der Waals surface area contributed by atoms with Crippen molar-refractivity contribution in [1.82, 2.24) is 9.55 Å². The van der Waals surface area contributed by atoms with Gasteiger partial charge in [0, 0.05) is 24.5 Å². The summed E-state index contributed by atoms with van der Waals surface area (Å²) in [6.07, 6.45) is 6.67. The summed E-state index contributed by atoms with van der Waals surface area (Å²) in [5.41, 5.74) is 2.85. The lowest BCUT2D eigenvalue weighted by Gasteiger charge is -2.13. The Bertz CT molecular complexity index is 717. The fourth-order valence-corrected chi connectivity index (χ4v) is 2.61. The molecule has 1 aromatic heterocycles. The third-order valence-electron chi connectivity index (χ3n) is 4.04. The average Bonchev–Trinajstić information content (AvgIpc) is 3.07. The molecule has 1 atom stereocenters. The van der Waals surface area contributed by atoms with Crippen molar-refractivity contribution in [3.8, 4) is 11.1 Å². The van der Waals surface area contributed by atoms with E-state index in [1.54, 1.807) is 12.3 Å². The molecule has 22 heavy (non-hydrogen) atoms. The molecule has 0 aliphatic heterocycles. The number of hydrogen-bond donors (Lipinski definition) is 0. The van der Waals surface area contributed by atoms with Crippen LogP contribution in [0.4, 0.5) is 4.39 Å². The van der Waals surface area contributed by atoms with Gasteiger partial charge in [0.05, 0.1) is 6.33 Å². The molecule has 0 amide bonds. The summed E-state index contributed by atoms with van der Waals surface area (Å²) < 4.78 is 15.9. The minimum absolute atomic E-state index is 0.177. The number of aromatic nitrogens is 2. The van der Waals surface area contributed by atoms with E-state index in [2.05, 4.69) is 28.6 Å². The first-order chi connectivity index (χ1) is 10.7. The van der Waals surface area contributed by atoms with Crippen LogP contribution in [0, 0.1) is 5.82 Å². The highest BCUT2D eigenvalue weighted by Crippen LogP contribution is 2.26. The maximum absolute atomic E-state index is 13.8. The summed E-state index contributed by atoms with van der Waals surface area (Å²) in [5, 5.41) is 0. The minimum Gasteiger partial charge on any atom is -0.337 e. The van der Waals surface area contributed by atoms with Crippen LogP contribution in [-0.2, 0) is 6.54 Å². The molecule has 1 heterocycles. The van der Waals surface area contributed by atoms with E-state index >= 15 is 0 Å². The van der Waals surface area contributed by atoms with Crippen LogP contribution in [-0.4, -0.2) is 9.55 Å². The number of nitrogens with zero attached hydrogens (tertiary/aromatic N) is 2. The Morgan fingerprint density at radius 2 is 1.86 bits per heavy atom. The quantitative estimate of drug-likeness (QED) is 0.655. The highest BCUT2D eigenvalue weighted by Gasteiger charge is 2.08. The molecule has 1 unspecified atom stereocenters. The van der Waals surface area contributed by atoms with Crippen molar-refractivity contribution in [1.29, 1.82) is 0 Å². The standard InChI is InChI=1S/C19H19FN2/c1-15(10-12-22-13-11-21-14-22)16-6-8-17(9-7-16)18-4-2-3-5-19(18)20/h2-9,11,13-15H,10,12H2,1H3. The molecule has 3 heteroatoms. The predicted molar refractivity (Wildman–Crippen MR) is 87.1 cm³/mol. The Hall–Kier alpha value is -2.42. The lowest BCUT2D eigenvalue weighted by atomic mass is 9.95. The maximum atomic E-state index is 13.8. The molecule has 3 aromatic rings. The van der Waals surface area contributed by atoms with Crippen LogP contribution >= 0.6 is 0 Å². The molecule has 0 saturated carbocycles. The summed E-state index contributed by atoms with van der Waals surface area (Å²) in [7, 11) is 0. The first kappa shape index (κ1) is 14.5. The monoisotopic (exact) mass is 294 g/mol. The van der Waals surface area contributed by atoms with Crippen molar-refractivity contribution in [2.45, 2.75) is 25.8 Å². The predicted octanol–water partition coefficient (Wildman–Crippen LogP) is 4.88. The van der Waals surface area contributed by atoms with Gasteiger partial charge in [-0.25, -0.2) is 9.37 Å². The number of imidazole rings is 1. The molecule has 0 saturated heterocycles. The summed E-state index contributed by atoms with van der Waals surface area (Å²) >= 11 is 0. The van der Waals surface area contributed by atoms with Crippen molar-refractivity contribution in [2.75, 3.05) is 0 Å². The molecule has 2 nitrogen and oxygen atoms in total. The van der Waals surface area contributed by atoms with Gasteiger partial charge in [0.1, 0.15) is 5.82 Å². The number of halogens is 1. The number of rotatable bonds is 5. The van der Waals surface area contributed by atoms with Gasteiger partial charge in [-0.1, -0.05) is 49.4 Å². The average molecular weight is 294 g/mol. The van der Waals surface area contributed by atoms with Gasteiger partial charge in [0.15, 0.2) is 0 Å². The van der Waals surface area contributed by atoms with Crippen molar-refractivity contribution in [3.05, 3.63) is 78.6 Å².